The summed E-state index contributed by atoms with van der Waals surface area (Å²) in [5.41, 5.74) is 1.34. The number of ether oxygens (including phenoxy) is 1. The minimum atomic E-state index is 0.332. The summed E-state index contributed by atoms with van der Waals surface area (Å²) in [6.45, 7) is 3.10. The maximum absolute atomic E-state index is 10.5. The quantitative estimate of drug-likeness (QED) is 0.732. The topological polar surface area (TPSA) is 57.0 Å². The lowest BCUT2D eigenvalue weighted by Crippen LogP contribution is -2.03. The molecule has 2 rings (SSSR count). The largest absolute Gasteiger partial charge is 0.494 e. The fraction of sp³-hybridized carbons (Fsp3) is 0.250. The highest BCUT2D eigenvalue weighted by Gasteiger charge is 2.05. The van der Waals surface area contributed by atoms with E-state index < -0.39 is 0 Å². The van der Waals surface area contributed by atoms with Crippen molar-refractivity contribution < 1.29 is 9.53 Å². The standard InChI is InChI=1S/C12H13N3O2/c1-2-17-12-6-4-3-5-10(12)7-15-8-11(9-16)13-14-15/h3-6,8-9H,2,7H2,1H3. The van der Waals surface area contributed by atoms with Crippen LogP contribution < -0.4 is 4.74 Å². The first-order chi connectivity index (χ1) is 8.33. The Labute approximate surface area is 99.0 Å². The second-order valence-corrected chi connectivity index (χ2v) is 3.50. The number of hydrogen-bond donors (Lipinski definition) is 0. The van der Waals surface area contributed by atoms with Gasteiger partial charge in [-0.3, -0.25) is 4.79 Å². The highest BCUT2D eigenvalue weighted by Crippen LogP contribution is 2.18. The van der Waals surface area contributed by atoms with Gasteiger partial charge in [-0.05, 0) is 13.0 Å². The SMILES string of the molecule is CCOc1ccccc1Cn1cc(C=O)nn1. The Morgan fingerprint density at radius 2 is 2.24 bits per heavy atom. The Morgan fingerprint density at radius 1 is 1.41 bits per heavy atom. The van der Waals surface area contributed by atoms with E-state index in [1.54, 1.807) is 10.9 Å². The van der Waals surface area contributed by atoms with Gasteiger partial charge in [0.25, 0.3) is 0 Å². The molecule has 1 aromatic carbocycles. The maximum Gasteiger partial charge on any atom is 0.171 e. The van der Waals surface area contributed by atoms with Crippen LogP contribution in [-0.2, 0) is 6.54 Å². The van der Waals surface area contributed by atoms with Gasteiger partial charge in [-0.25, -0.2) is 4.68 Å². The normalized spacial score (nSPS) is 10.2. The van der Waals surface area contributed by atoms with Gasteiger partial charge in [0.2, 0.25) is 0 Å². The van der Waals surface area contributed by atoms with Crippen molar-refractivity contribution in [2.45, 2.75) is 13.5 Å². The van der Waals surface area contributed by atoms with Gasteiger partial charge in [-0.15, -0.1) is 5.10 Å². The molecule has 0 unspecified atom stereocenters. The van der Waals surface area contributed by atoms with Crippen LogP contribution in [0.15, 0.2) is 30.5 Å². The molecule has 0 spiro atoms. The molecule has 0 atom stereocenters. The van der Waals surface area contributed by atoms with E-state index in [2.05, 4.69) is 10.3 Å². The molecule has 17 heavy (non-hydrogen) atoms. The third-order valence-corrected chi connectivity index (χ3v) is 2.28. The molecular weight excluding hydrogens is 218 g/mol. The Kier molecular flexibility index (Phi) is 3.49. The molecule has 0 fully saturated rings. The van der Waals surface area contributed by atoms with Gasteiger partial charge in [0.05, 0.1) is 19.3 Å². The van der Waals surface area contributed by atoms with E-state index in [-0.39, 0.29) is 0 Å². The zero-order valence-electron chi connectivity index (χ0n) is 9.54. The second-order valence-electron chi connectivity index (χ2n) is 3.50. The third kappa shape index (κ3) is 2.69. The Bertz CT molecular complexity index is 508. The zero-order valence-corrected chi connectivity index (χ0v) is 9.54. The second kappa shape index (κ2) is 5.25. The molecule has 0 N–H and O–H groups in total. The van der Waals surface area contributed by atoms with Crippen LogP contribution in [0.4, 0.5) is 0 Å². The number of benzene rings is 1. The fourth-order valence-electron chi connectivity index (χ4n) is 1.55. The molecule has 5 nitrogen and oxygen atoms in total. The fourth-order valence-corrected chi connectivity index (χ4v) is 1.55. The van der Waals surface area contributed by atoms with Crippen LogP contribution in [-0.4, -0.2) is 27.9 Å². The highest BCUT2D eigenvalue weighted by atomic mass is 16.5. The van der Waals surface area contributed by atoms with E-state index in [1.165, 1.54) is 0 Å². The third-order valence-electron chi connectivity index (χ3n) is 2.28. The van der Waals surface area contributed by atoms with Gasteiger partial charge < -0.3 is 4.74 Å². The number of carbonyl (C=O) groups is 1. The van der Waals surface area contributed by atoms with E-state index in [4.69, 9.17) is 4.74 Å². The minimum absolute atomic E-state index is 0.332. The van der Waals surface area contributed by atoms with Crippen LogP contribution in [0.3, 0.4) is 0 Å². The number of aromatic nitrogens is 3. The number of hydrogen-bond acceptors (Lipinski definition) is 4. The van der Waals surface area contributed by atoms with Crippen molar-refractivity contribution in [2.75, 3.05) is 6.61 Å². The summed E-state index contributed by atoms with van der Waals surface area (Å²) >= 11 is 0. The summed E-state index contributed by atoms with van der Waals surface area (Å²) in [6.07, 6.45) is 2.29. The number of carbonyl (C=O) groups excluding carboxylic acids is 1. The average molecular weight is 231 g/mol. The molecule has 0 saturated heterocycles. The van der Waals surface area contributed by atoms with Crippen molar-refractivity contribution in [3.8, 4) is 5.75 Å². The molecular formula is C12H13N3O2. The van der Waals surface area contributed by atoms with E-state index in [0.717, 1.165) is 11.3 Å². The van der Waals surface area contributed by atoms with Gasteiger partial charge in [0, 0.05) is 5.56 Å². The molecule has 5 heteroatoms. The molecule has 0 amide bonds. The monoisotopic (exact) mass is 231 g/mol. The summed E-state index contributed by atoms with van der Waals surface area (Å²) in [5, 5.41) is 7.57. The molecule has 1 heterocycles. The lowest BCUT2D eigenvalue weighted by atomic mass is 10.2. The summed E-state index contributed by atoms with van der Waals surface area (Å²) in [5.74, 6) is 0.832. The van der Waals surface area contributed by atoms with Crippen molar-refractivity contribution in [1.82, 2.24) is 15.0 Å². The summed E-state index contributed by atoms with van der Waals surface area (Å²) in [4.78, 5) is 10.5. The van der Waals surface area contributed by atoms with E-state index in [1.807, 2.05) is 31.2 Å². The number of para-hydroxylation sites is 1. The molecule has 0 saturated carbocycles. The van der Waals surface area contributed by atoms with Crippen molar-refractivity contribution in [2.24, 2.45) is 0 Å². The summed E-state index contributed by atoms with van der Waals surface area (Å²) in [7, 11) is 0. The molecule has 1 aromatic heterocycles. The van der Waals surface area contributed by atoms with Crippen molar-refractivity contribution in [3.05, 3.63) is 41.7 Å². The number of nitrogens with zero attached hydrogens (tertiary/aromatic N) is 3. The van der Waals surface area contributed by atoms with Gasteiger partial charge in [-0.2, -0.15) is 0 Å². The van der Waals surface area contributed by atoms with Gasteiger partial charge >= 0.3 is 0 Å². The Morgan fingerprint density at radius 3 is 2.94 bits per heavy atom. The first-order valence-electron chi connectivity index (χ1n) is 5.39. The molecule has 88 valence electrons. The van der Waals surface area contributed by atoms with E-state index in [9.17, 15) is 4.79 Å². The van der Waals surface area contributed by atoms with Crippen LogP contribution in [0.5, 0.6) is 5.75 Å². The van der Waals surface area contributed by atoms with Crippen molar-refractivity contribution in [3.63, 3.8) is 0 Å². The van der Waals surface area contributed by atoms with Gasteiger partial charge in [0.1, 0.15) is 11.4 Å². The minimum Gasteiger partial charge on any atom is -0.494 e. The van der Waals surface area contributed by atoms with Crippen LogP contribution in [0.1, 0.15) is 23.0 Å². The lowest BCUT2D eigenvalue weighted by molar-refractivity contribution is 0.111. The predicted molar refractivity (Wildman–Crippen MR) is 62.1 cm³/mol. The molecule has 0 aliphatic heterocycles. The first kappa shape index (κ1) is 11.3. The maximum atomic E-state index is 10.5. The summed E-state index contributed by atoms with van der Waals surface area (Å²) in [6, 6.07) is 7.74. The van der Waals surface area contributed by atoms with E-state index in [0.29, 0.717) is 25.1 Å². The number of rotatable bonds is 5. The molecule has 0 aliphatic rings. The molecule has 2 aromatic rings. The molecule has 0 radical (unpaired) electrons. The zero-order chi connectivity index (χ0) is 12.1. The van der Waals surface area contributed by atoms with Crippen LogP contribution >= 0.6 is 0 Å². The van der Waals surface area contributed by atoms with Gasteiger partial charge in [-0.1, -0.05) is 23.4 Å². The van der Waals surface area contributed by atoms with Crippen LogP contribution in [0.25, 0.3) is 0 Å². The molecule has 0 aliphatic carbocycles. The Balaban J connectivity index is 2.19. The van der Waals surface area contributed by atoms with E-state index >= 15 is 0 Å². The molecule has 0 bridgehead atoms. The van der Waals surface area contributed by atoms with Crippen molar-refractivity contribution >= 4 is 6.29 Å². The Hall–Kier alpha value is -2.17. The lowest BCUT2D eigenvalue weighted by Gasteiger charge is -2.09. The van der Waals surface area contributed by atoms with Gasteiger partial charge in [0.15, 0.2) is 6.29 Å². The number of aldehydes is 1. The highest BCUT2D eigenvalue weighted by molar-refractivity contribution is 5.70. The van der Waals surface area contributed by atoms with Crippen molar-refractivity contribution in [1.29, 1.82) is 0 Å². The van der Waals surface area contributed by atoms with Crippen LogP contribution in [0.2, 0.25) is 0 Å². The first-order valence-corrected chi connectivity index (χ1v) is 5.39. The average Bonchev–Trinajstić information content (AvgIpc) is 2.80. The van der Waals surface area contributed by atoms with Crippen LogP contribution in [0, 0.1) is 0 Å². The smallest absolute Gasteiger partial charge is 0.171 e. The summed E-state index contributed by atoms with van der Waals surface area (Å²) < 4.78 is 7.12. The predicted octanol–water partition coefficient (Wildman–Crippen LogP) is 1.54.